The molecule has 110 valence electrons. The predicted molar refractivity (Wildman–Crippen MR) is 77.1 cm³/mol. The van der Waals surface area contributed by atoms with Crippen molar-refractivity contribution in [2.45, 2.75) is 26.9 Å². The largest absolute Gasteiger partial charge is 0.449 e. The van der Waals surface area contributed by atoms with Crippen molar-refractivity contribution in [3.05, 3.63) is 47.3 Å². The Bertz CT molecular complexity index is 677. The SMILES string of the molecule is Cc1nn(-c2ccccc2)c(C)c1C(=O)O[C@@H](C)C(N)=O. The van der Waals surface area contributed by atoms with E-state index < -0.39 is 18.0 Å². The third kappa shape index (κ3) is 2.94. The number of para-hydroxylation sites is 1. The molecule has 0 aliphatic heterocycles. The second-order valence-corrected chi connectivity index (χ2v) is 4.74. The second kappa shape index (κ2) is 5.78. The molecule has 0 radical (unpaired) electrons. The lowest BCUT2D eigenvalue weighted by molar-refractivity contribution is -0.125. The number of ether oxygens (including phenoxy) is 1. The number of benzene rings is 1. The zero-order valence-electron chi connectivity index (χ0n) is 12.2. The van der Waals surface area contributed by atoms with Crippen molar-refractivity contribution in [2.24, 2.45) is 5.73 Å². The van der Waals surface area contributed by atoms with Gasteiger partial charge in [0.15, 0.2) is 6.10 Å². The first-order valence-corrected chi connectivity index (χ1v) is 6.53. The van der Waals surface area contributed by atoms with Crippen LogP contribution >= 0.6 is 0 Å². The maximum absolute atomic E-state index is 12.2. The van der Waals surface area contributed by atoms with Gasteiger partial charge in [-0.3, -0.25) is 4.79 Å². The van der Waals surface area contributed by atoms with Crippen molar-refractivity contribution in [2.75, 3.05) is 0 Å². The molecule has 0 spiro atoms. The molecule has 0 aliphatic carbocycles. The number of hydrogen-bond acceptors (Lipinski definition) is 4. The summed E-state index contributed by atoms with van der Waals surface area (Å²) in [4.78, 5) is 23.1. The predicted octanol–water partition coefficient (Wildman–Crippen LogP) is 1.52. The number of esters is 1. The quantitative estimate of drug-likeness (QED) is 0.864. The Kier molecular flexibility index (Phi) is 4.07. The summed E-state index contributed by atoms with van der Waals surface area (Å²) in [5.41, 5.74) is 7.49. The van der Waals surface area contributed by atoms with Crippen LogP contribution in [-0.4, -0.2) is 27.8 Å². The molecular weight excluding hydrogens is 270 g/mol. The average Bonchev–Trinajstić information content (AvgIpc) is 2.74. The summed E-state index contributed by atoms with van der Waals surface area (Å²) < 4.78 is 6.71. The Morgan fingerprint density at radius 3 is 2.43 bits per heavy atom. The Morgan fingerprint density at radius 1 is 1.24 bits per heavy atom. The molecule has 21 heavy (non-hydrogen) atoms. The molecule has 2 N–H and O–H groups in total. The minimum absolute atomic E-state index is 0.354. The number of nitrogens with two attached hydrogens (primary N) is 1. The van der Waals surface area contributed by atoms with Crippen LogP contribution in [0.3, 0.4) is 0 Å². The number of aryl methyl sites for hydroxylation is 1. The van der Waals surface area contributed by atoms with Gasteiger partial charge in [-0.05, 0) is 32.9 Å². The fourth-order valence-corrected chi connectivity index (χ4v) is 2.04. The van der Waals surface area contributed by atoms with Gasteiger partial charge in [0.05, 0.1) is 17.1 Å². The van der Waals surface area contributed by atoms with Crippen molar-refractivity contribution in [1.82, 2.24) is 9.78 Å². The van der Waals surface area contributed by atoms with E-state index in [9.17, 15) is 9.59 Å². The van der Waals surface area contributed by atoms with Gasteiger partial charge in [-0.2, -0.15) is 5.10 Å². The first-order chi connectivity index (χ1) is 9.91. The standard InChI is InChI=1S/C15H17N3O3/c1-9-13(15(20)21-11(3)14(16)19)10(2)18(17-9)12-7-5-4-6-8-12/h4-8,11H,1-3H3,(H2,16,19)/t11-/m0/s1. The smallest absolute Gasteiger partial charge is 0.342 e. The zero-order chi connectivity index (χ0) is 15.6. The van der Waals surface area contributed by atoms with Crippen LogP contribution in [0, 0.1) is 13.8 Å². The van der Waals surface area contributed by atoms with Gasteiger partial charge >= 0.3 is 5.97 Å². The minimum Gasteiger partial charge on any atom is -0.449 e. The van der Waals surface area contributed by atoms with Crippen molar-refractivity contribution in [3.8, 4) is 5.69 Å². The van der Waals surface area contributed by atoms with Crippen molar-refractivity contribution in [3.63, 3.8) is 0 Å². The molecule has 6 nitrogen and oxygen atoms in total. The summed E-state index contributed by atoms with van der Waals surface area (Å²) in [6.07, 6.45) is -0.976. The van der Waals surface area contributed by atoms with Gasteiger partial charge < -0.3 is 10.5 Å². The molecule has 6 heteroatoms. The maximum Gasteiger partial charge on any atom is 0.342 e. The van der Waals surface area contributed by atoms with Crippen LogP contribution in [-0.2, 0) is 9.53 Å². The molecule has 0 unspecified atom stereocenters. The van der Waals surface area contributed by atoms with Gasteiger partial charge in [-0.1, -0.05) is 18.2 Å². The van der Waals surface area contributed by atoms with Crippen LogP contribution < -0.4 is 5.73 Å². The molecule has 0 saturated carbocycles. The first kappa shape index (κ1) is 14.8. The number of aromatic nitrogens is 2. The fraction of sp³-hybridized carbons (Fsp3) is 0.267. The fourth-order valence-electron chi connectivity index (χ4n) is 2.04. The number of amides is 1. The highest BCUT2D eigenvalue weighted by Gasteiger charge is 2.23. The highest BCUT2D eigenvalue weighted by Crippen LogP contribution is 2.19. The number of hydrogen-bond donors (Lipinski definition) is 1. The van der Waals surface area contributed by atoms with E-state index in [1.807, 2.05) is 30.3 Å². The summed E-state index contributed by atoms with van der Waals surface area (Å²) >= 11 is 0. The van der Waals surface area contributed by atoms with E-state index in [-0.39, 0.29) is 0 Å². The van der Waals surface area contributed by atoms with E-state index >= 15 is 0 Å². The molecule has 0 saturated heterocycles. The number of nitrogens with zero attached hydrogens (tertiary/aromatic N) is 2. The van der Waals surface area contributed by atoms with E-state index in [2.05, 4.69) is 5.10 Å². The number of rotatable bonds is 4. The number of primary amides is 1. The monoisotopic (exact) mass is 287 g/mol. The van der Waals surface area contributed by atoms with E-state index in [0.717, 1.165) is 5.69 Å². The van der Waals surface area contributed by atoms with Crippen LogP contribution in [0.2, 0.25) is 0 Å². The third-order valence-corrected chi connectivity index (χ3v) is 3.18. The van der Waals surface area contributed by atoms with Crippen LogP contribution in [0.5, 0.6) is 0 Å². The summed E-state index contributed by atoms with van der Waals surface area (Å²) in [7, 11) is 0. The summed E-state index contributed by atoms with van der Waals surface area (Å²) in [6.45, 7) is 4.93. The van der Waals surface area contributed by atoms with E-state index in [1.165, 1.54) is 6.92 Å². The topological polar surface area (TPSA) is 87.2 Å². The van der Waals surface area contributed by atoms with Gasteiger partial charge in [0.2, 0.25) is 0 Å². The van der Waals surface area contributed by atoms with Crippen LogP contribution in [0.1, 0.15) is 28.7 Å². The Labute approximate surface area is 122 Å². The summed E-state index contributed by atoms with van der Waals surface area (Å²) in [5.74, 6) is -1.28. The van der Waals surface area contributed by atoms with Gasteiger partial charge in [0.25, 0.3) is 5.91 Å². The van der Waals surface area contributed by atoms with Crippen molar-refractivity contribution >= 4 is 11.9 Å². The van der Waals surface area contributed by atoms with Crippen LogP contribution in [0.15, 0.2) is 30.3 Å². The average molecular weight is 287 g/mol. The summed E-state index contributed by atoms with van der Waals surface area (Å²) in [6, 6.07) is 9.46. The Morgan fingerprint density at radius 2 is 1.86 bits per heavy atom. The first-order valence-electron chi connectivity index (χ1n) is 6.53. The van der Waals surface area contributed by atoms with Gasteiger partial charge in [0.1, 0.15) is 5.56 Å². The molecule has 1 heterocycles. The molecular formula is C15H17N3O3. The molecule has 0 fully saturated rings. The van der Waals surface area contributed by atoms with Gasteiger partial charge in [-0.25, -0.2) is 9.48 Å². The molecule has 2 rings (SSSR count). The van der Waals surface area contributed by atoms with E-state index in [1.54, 1.807) is 18.5 Å². The third-order valence-electron chi connectivity index (χ3n) is 3.18. The molecule has 0 bridgehead atoms. The molecule has 0 aliphatic rings. The second-order valence-electron chi connectivity index (χ2n) is 4.74. The van der Waals surface area contributed by atoms with Crippen molar-refractivity contribution in [1.29, 1.82) is 0 Å². The molecule has 1 atom stereocenters. The number of carbonyl (C=O) groups excluding carboxylic acids is 2. The lowest BCUT2D eigenvalue weighted by atomic mass is 10.2. The summed E-state index contributed by atoms with van der Waals surface area (Å²) in [5, 5.41) is 4.35. The maximum atomic E-state index is 12.2. The molecule has 1 aromatic carbocycles. The lowest BCUT2D eigenvalue weighted by Gasteiger charge is -2.10. The zero-order valence-corrected chi connectivity index (χ0v) is 12.2. The Hall–Kier alpha value is -2.63. The Balaban J connectivity index is 2.36. The van der Waals surface area contributed by atoms with Gasteiger partial charge in [0, 0.05) is 0 Å². The van der Waals surface area contributed by atoms with Gasteiger partial charge in [-0.15, -0.1) is 0 Å². The highest BCUT2D eigenvalue weighted by atomic mass is 16.5. The minimum atomic E-state index is -0.976. The molecule has 2 aromatic rings. The lowest BCUT2D eigenvalue weighted by Crippen LogP contribution is -2.30. The highest BCUT2D eigenvalue weighted by molar-refractivity contribution is 5.94. The van der Waals surface area contributed by atoms with E-state index in [0.29, 0.717) is 17.0 Å². The van der Waals surface area contributed by atoms with Crippen LogP contribution in [0.25, 0.3) is 5.69 Å². The molecule has 1 amide bonds. The van der Waals surface area contributed by atoms with Crippen molar-refractivity contribution < 1.29 is 14.3 Å². The number of carbonyl (C=O) groups is 2. The van der Waals surface area contributed by atoms with E-state index in [4.69, 9.17) is 10.5 Å². The molecule has 1 aromatic heterocycles. The normalized spacial score (nSPS) is 12.0. The van der Waals surface area contributed by atoms with Crippen LogP contribution in [0.4, 0.5) is 0 Å².